The van der Waals surface area contributed by atoms with E-state index >= 15 is 0 Å². The van der Waals surface area contributed by atoms with E-state index in [4.69, 9.17) is 20.5 Å². The van der Waals surface area contributed by atoms with Crippen molar-refractivity contribution in [2.45, 2.75) is 39.2 Å². The molecular weight excluding hydrogens is 346 g/mol. The molecule has 1 heterocycles. The number of ether oxygens (including phenoxy) is 1. The van der Waals surface area contributed by atoms with Crippen LogP contribution in [0.1, 0.15) is 32.8 Å². The Bertz CT molecular complexity index is 936. The second-order valence-electron chi connectivity index (χ2n) is 6.76. The molecule has 0 bridgehead atoms. The van der Waals surface area contributed by atoms with E-state index in [2.05, 4.69) is 5.32 Å². The maximum absolute atomic E-state index is 12.4. The molecule has 0 saturated heterocycles. The highest BCUT2D eigenvalue weighted by atomic mass is 16.6. The maximum Gasteiger partial charge on any atom is 0.421 e. The van der Waals surface area contributed by atoms with Gasteiger partial charge in [-0.25, -0.2) is 9.69 Å². The normalized spacial score (nSPS) is 12.7. The summed E-state index contributed by atoms with van der Waals surface area (Å²) in [4.78, 5) is 25.7. The van der Waals surface area contributed by atoms with Crippen molar-refractivity contribution >= 4 is 23.4 Å². The highest BCUT2D eigenvalue weighted by Gasteiger charge is 2.33. The molecule has 0 aromatic heterocycles. The lowest BCUT2D eigenvalue weighted by Gasteiger charge is -2.30. The fourth-order valence-electron chi connectivity index (χ4n) is 2.50. The number of aryl methyl sites for hydroxylation is 1. The van der Waals surface area contributed by atoms with Crippen LogP contribution in [0, 0.1) is 34.0 Å². The molecule has 2 rings (SSSR count). The third kappa shape index (κ3) is 4.42. The SMILES string of the molecule is CC(C)(C)OC(=O)N1C(=O)CCc2cc(NC(C#N)=C(C#N)C#N)ccc21. The van der Waals surface area contributed by atoms with E-state index in [0.717, 1.165) is 4.90 Å². The number of fused-ring (bicyclic) bond motifs is 1. The molecular formula is C19H17N5O3. The average molecular weight is 363 g/mol. The fraction of sp³-hybridized carbons (Fsp3) is 0.316. The molecule has 0 fully saturated rings. The second-order valence-corrected chi connectivity index (χ2v) is 6.76. The molecule has 1 aliphatic heterocycles. The van der Waals surface area contributed by atoms with Crippen molar-refractivity contribution in [2.75, 3.05) is 10.2 Å². The summed E-state index contributed by atoms with van der Waals surface area (Å²) < 4.78 is 5.31. The van der Waals surface area contributed by atoms with Crippen LogP contribution in [0.5, 0.6) is 0 Å². The Kier molecular flexibility index (Phi) is 5.48. The summed E-state index contributed by atoms with van der Waals surface area (Å²) in [5.74, 6) is -0.355. The second kappa shape index (κ2) is 7.59. The van der Waals surface area contributed by atoms with Crippen molar-refractivity contribution in [1.29, 1.82) is 15.8 Å². The van der Waals surface area contributed by atoms with Crippen molar-refractivity contribution in [3.05, 3.63) is 35.0 Å². The highest BCUT2D eigenvalue weighted by Crippen LogP contribution is 2.32. The van der Waals surface area contributed by atoms with Gasteiger partial charge in [-0.2, -0.15) is 15.8 Å². The molecule has 136 valence electrons. The number of benzene rings is 1. The maximum atomic E-state index is 12.4. The number of rotatable bonds is 2. The van der Waals surface area contributed by atoms with E-state index in [1.807, 2.05) is 0 Å². The zero-order valence-corrected chi connectivity index (χ0v) is 15.2. The number of nitrogens with zero attached hydrogens (tertiary/aromatic N) is 4. The van der Waals surface area contributed by atoms with Gasteiger partial charge >= 0.3 is 6.09 Å². The summed E-state index contributed by atoms with van der Waals surface area (Å²) in [7, 11) is 0. The first-order chi connectivity index (χ1) is 12.7. The van der Waals surface area contributed by atoms with E-state index in [0.29, 0.717) is 23.4 Å². The molecule has 0 aliphatic carbocycles. The first-order valence-electron chi connectivity index (χ1n) is 8.10. The van der Waals surface area contributed by atoms with Crippen LogP contribution in [0.4, 0.5) is 16.2 Å². The van der Waals surface area contributed by atoms with Crippen molar-refractivity contribution in [1.82, 2.24) is 0 Å². The molecule has 2 amide bonds. The lowest BCUT2D eigenvalue weighted by molar-refractivity contribution is -0.118. The lowest BCUT2D eigenvalue weighted by Crippen LogP contribution is -2.43. The number of imide groups is 1. The Morgan fingerprint density at radius 2 is 1.81 bits per heavy atom. The van der Waals surface area contributed by atoms with E-state index in [-0.39, 0.29) is 23.6 Å². The molecule has 8 nitrogen and oxygen atoms in total. The summed E-state index contributed by atoms with van der Waals surface area (Å²) in [6.45, 7) is 5.14. The van der Waals surface area contributed by atoms with Crippen LogP contribution >= 0.6 is 0 Å². The number of allylic oxidation sites excluding steroid dienone is 2. The Morgan fingerprint density at radius 1 is 1.15 bits per heavy atom. The van der Waals surface area contributed by atoms with Crippen LogP contribution in [0.2, 0.25) is 0 Å². The van der Waals surface area contributed by atoms with Crippen LogP contribution < -0.4 is 10.2 Å². The quantitative estimate of drug-likeness (QED) is 0.799. The van der Waals surface area contributed by atoms with Gasteiger partial charge in [-0.05, 0) is 51.0 Å². The first kappa shape index (κ1) is 19.5. The zero-order valence-electron chi connectivity index (χ0n) is 15.2. The van der Waals surface area contributed by atoms with Gasteiger partial charge in [0.1, 0.15) is 29.5 Å². The van der Waals surface area contributed by atoms with Crippen LogP contribution in [0.25, 0.3) is 0 Å². The lowest BCUT2D eigenvalue weighted by atomic mass is 10.0. The molecule has 1 aromatic rings. The van der Waals surface area contributed by atoms with Gasteiger partial charge in [-0.15, -0.1) is 0 Å². The molecule has 8 heteroatoms. The minimum atomic E-state index is -0.747. The van der Waals surface area contributed by atoms with Crippen LogP contribution in [0.15, 0.2) is 29.5 Å². The van der Waals surface area contributed by atoms with Gasteiger partial charge in [-0.3, -0.25) is 4.79 Å². The number of hydrogen-bond donors (Lipinski definition) is 1. The predicted molar refractivity (Wildman–Crippen MR) is 96.0 cm³/mol. The summed E-state index contributed by atoms with van der Waals surface area (Å²) in [5.41, 5.74) is 0.337. The highest BCUT2D eigenvalue weighted by molar-refractivity contribution is 6.14. The van der Waals surface area contributed by atoms with E-state index in [1.54, 1.807) is 57.2 Å². The molecule has 27 heavy (non-hydrogen) atoms. The summed E-state index contributed by atoms with van der Waals surface area (Å²) >= 11 is 0. The first-order valence-corrected chi connectivity index (χ1v) is 8.10. The molecule has 0 spiro atoms. The van der Waals surface area contributed by atoms with Gasteiger partial charge in [0.2, 0.25) is 5.91 Å². The molecule has 0 atom stereocenters. The van der Waals surface area contributed by atoms with Crippen molar-refractivity contribution < 1.29 is 14.3 Å². The number of nitriles is 3. The molecule has 0 unspecified atom stereocenters. The number of hydrogen-bond acceptors (Lipinski definition) is 7. The smallest absolute Gasteiger partial charge is 0.421 e. The number of carbonyl (C=O) groups is 2. The van der Waals surface area contributed by atoms with Gasteiger partial charge in [0.05, 0.1) is 5.69 Å². The fourth-order valence-corrected chi connectivity index (χ4v) is 2.50. The third-order valence-corrected chi connectivity index (χ3v) is 3.61. The molecule has 0 radical (unpaired) electrons. The topological polar surface area (TPSA) is 130 Å². The van der Waals surface area contributed by atoms with Crippen molar-refractivity contribution in [2.24, 2.45) is 0 Å². The van der Waals surface area contributed by atoms with Crippen LogP contribution in [0.3, 0.4) is 0 Å². The van der Waals surface area contributed by atoms with E-state index in [1.165, 1.54) is 0 Å². The summed E-state index contributed by atoms with van der Waals surface area (Å²) in [6.07, 6.45) is -0.195. The third-order valence-electron chi connectivity index (χ3n) is 3.61. The minimum absolute atomic E-state index is 0.137. The van der Waals surface area contributed by atoms with E-state index in [9.17, 15) is 9.59 Å². The number of anilines is 2. The van der Waals surface area contributed by atoms with Gasteiger partial charge in [-0.1, -0.05) is 0 Å². The Morgan fingerprint density at radius 3 is 2.37 bits per heavy atom. The number of amides is 2. The van der Waals surface area contributed by atoms with Gasteiger partial charge in [0.15, 0.2) is 5.57 Å². The summed E-state index contributed by atoms with van der Waals surface area (Å²) in [5, 5.41) is 29.7. The number of nitrogens with one attached hydrogen (secondary N) is 1. The van der Waals surface area contributed by atoms with Crippen molar-refractivity contribution in [3.8, 4) is 18.2 Å². The zero-order chi connectivity index (χ0) is 20.2. The van der Waals surface area contributed by atoms with Crippen molar-refractivity contribution in [3.63, 3.8) is 0 Å². The number of carbonyl (C=O) groups excluding carboxylic acids is 2. The van der Waals surface area contributed by atoms with Gasteiger partial charge in [0.25, 0.3) is 0 Å². The monoisotopic (exact) mass is 363 g/mol. The van der Waals surface area contributed by atoms with Gasteiger partial charge < -0.3 is 10.1 Å². The van der Waals surface area contributed by atoms with Crippen LogP contribution in [-0.2, 0) is 16.0 Å². The standard InChI is InChI=1S/C19H17N5O3/c1-19(2,3)27-18(26)24-16-6-5-14(8-12(16)4-7-17(24)25)23-15(11-22)13(9-20)10-21/h5-6,8,23H,4,7H2,1-3H3. The Balaban J connectivity index is 2.38. The Labute approximate surface area is 156 Å². The molecule has 1 aromatic carbocycles. The molecule has 1 aliphatic rings. The largest absolute Gasteiger partial charge is 0.443 e. The molecule has 0 saturated carbocycles. The average Bonchev–Trinajstić information content (AvgIpc) is 2.60. The van der Waals surface area contributed by atoms with Gasteiger partial charge in [0, 0.05) is 12.1 Å². The minimum Gasteiger partial charge on any atom is -0.443 e. The Hall–Kier alpha value is -3.83. The van der Waals surface area contributed by atoms with E-state index < -0.39 is 11.7 Å². The molecule has 1 N–H and O–H groups in total. The summed E-state index contributed by atoms with van der Waals surface area (Å²) in [6, 6.07) is 9.87. The van der Waals surface area contributed by atoms with Crippen LogP contribution in [-0.4, -0.2) is 17.6 Å². The predicted octanol–water partition coefficient (Wildman–Crippen LogP) is 3.14.